The number of para-hydroxylation sites is 1. The Labute approximate surface area is 179 Å². The lowest BCUT2D eigenvalue weighted by Crippen LogP contribution is -2.43. The number of halogens is 1. The van der Waals surface area contributed by atoms with Crippen molar-refractivity contribution in [3.8, 4) is 5.75 Å². The van der Waals surface area contributed by atoms with Crippen molar-refractivity contribution in [2.75, 3.05) is 33.1 Å². The lowest BCUT2D eigenvalue weighted by molar-refractivity contribution is 0.123. The van der Waals surface area contributed by atoms with Gasteiger partial charge in [0.25, 0.3) is 0 Å². The third-order valence-electron chi connectivity index (χ3n) is 4.34. The fourth-order valence-electron chi connectivity index (χ4n) is 3.09. The van der Waals surface area contributed by atoms with Crippen LogP contribution in [0.5, 0.6) is 5.75 Å². The Bertz CT molecular complexity index is 545. The minimum absolute atomic E-state index is 0. The molecule has 148 valence electrons. The number of nitrogens with zero attached hydrogens (tertiary/aromatic N) is 1. The zero-order chi connectivity index (χ0) is 17.9. The summed E-state index contributed by atoms with van der Waals surface area (Å²) in [5, 5.41) is 7.66. The van der Waals surface area contributed by atoms with Gasteiger partial charge >= 0.3 is 0 Å². The van der Waals surface area contributed by atoms with E-state index in [1.54, 1.807) is 7.11 Å². The number of nitrogens with one attached hydrogen (secondary N) is 2. The molecule has 0 heterocycles. The van der Waals surface area contributed by atoms with Crippen LogP contribution >= 0.6 is 35.7 Å². The molecule has 1 saturated carbocycles. The maximum atomic E-state index is 5.75. The summed E-state index contributed by atoms with van der Waals surface area (Å²) >= 11 is 2.07. The van der Waals surface area contributed by atoms with E-state index < -0.39 is 0 Å². The number of methoxy groups -OCH3 is 1. The normalized spacial score (nSPS) is 19.7. The van der Waals surface area contributed by atoms with E-state index in [2.05, 4.69) is 34.3 Å². The lowest BCUT2D eigenvalue weighted by atomic mass is 10.2. The Morgan fingerprint density at radius 2 is 2.12 bits per heavy atom. The van der Waals surface area contributed by atoms with Gasteiger partial charge in [0.15, 0.2) is 5.96 Å². The second-order valence-electron chi connectivity index (χ2n) is 6.10. The maximum absolute atomic E-state index is 5.75. The Morgan fingerprint density at radius 1 is 1.31 bits per heavy atom. The van der Waals surface area contributed by atoms with Gasteiger partial charge in [0, 0.05) is 30.4 Å². The van der Waals surface area contributed by atoms with Gasteiger partial charge in [0.2, 0.25) is 0 Å². The van der Waals surface area contributed by atoms with Crippen molar-refractivity contribution in [2.24, 2.45) is 4.99 Å². The third-order valence-corrected chi connectivity index (χ3v) is 5.57. The van der Waals surface area contributed by atoms with Crippen LogP contribution in [0, 0.1) is 0 Å². The van der Waals surface area contributed by atoms with Crippen molar-refractivity contribution >= 4 is 41.7 Å². The fraction of sp³-hybridized carbons (Fsp3) is 0.632. The molecule has 2 N–H and O–H groups in total. The van der Waals surface area contributed by atoms with Crippen molar-refractivity contribution in [3.05, 3.63) is 29.8 Å². The molecule has 0 bridgehead atoms. The molecule has 2 unspecified atom stereocenters. The van der Waals surface area contributed by atoms with Crippen molar-refractivity contribution < 1.29 is 9.47 Å². The molecule has 0 amide bonds. The van der Waals surface area contributed by atoms with Crippen LogP contribution in [0.25, 0.3) is 0 Å². The first-order valence-electron chi connectivity index (χ1n) is 9.05. The van der Waals surface area contributed by atoms with E-state index in [1.165, 1.54) is 25.0 Å². The summed E-state index contributed by atoms with van der Waals surface area (Å²) in [5.74, 6) is 2.94. The van der Waals surface area contributed by atoms with Crippen LogP contribution in [0.3, 0.4) is 0 Å². The highest BCUT2D eigenvalue weighted by Gasteiger charge is 2.24. The van der Waals surface area contributed by atoms with E-state index in [0.717, 1.165) is 29.1 Å². The van der Waals surface area contributed by atoms with E-state index >= 15 is 0 Å². The second-order valence-corrected chi connectivity index (χ2v) is 7.67. The van der Waals surface area contributed by atoms with Crippen LogP contribution in [0.2, 0.25) is 0 Å². The van der Waals surface area contributed by atoms with Gasteiger partial charge in [-0.15, -0.1) is 24.0 Å². The standard InChI is InChI=1S/C19H31N3O2S.HI/c1-4-25-17-10-9-16(13-17)22-19(20-2)21-11-12-24-14-15-7-5-6-8-18(15)23-3;/h5-8,16-17H,4,9-14H2,1-3H3,(H2,20,21,22);1H. The quantitative estimate of drug-likeness (QED) is 0.238. The Kier molecular flexibility index (Phi) is 12.1. The summed E-state index contributed by atoms with van der Waals surface area (Å²) in [7, 11) is 3.50. The Hall–Kier alpha value is -0.670. The van der Waals surface area contributed by atoms with Gasteiger partial charge in [-0.05, 0) is 31.1 Å². The van der Waals surface area contributed by atoms with Gasteiger partial charge in [-0.1, -0.05) is 25.1 Å². The Morgan fingerprint density at radius 3 is 2.85 bits per heavy atom. The predicted molar refractivity (Wildman–Crippen MR) is 122 cm³/mol. The summed E-state index contributed by atoms with van der Waals surface area (Å²) < 4.78 is 11.1. The molecule has 0 aromatic heterocycles. The molecule has 2 rings (SSSR count). The Balaban J connectivity index is 0.00000338. The van der Waals surface area contributed by atoms with Crippen LogP contribution < -0.4 is 15.4 Å². The van der Waals surface area contributed by atoms with Crippen molar-refractivity contribution in [2.45, 2.75) is 44.1 Å². The van der Waals surface area contributed by atoms with Gasteiger partial charge in [0.1, 0.15) is 5.75 Å². The third kappa shape index (κ3) is 7.92. The van der Waals surface area contributed by atoms with Crippen molar-refractivity contribution in [3.63, 3.8) is 0 Å². The van der Waals surface area contributed by atoms with Gasteiger partial charge in [0.05, 0.1) is 20.3 Å². The number of guanidine groups is 1. The summed E-state index contributed by atoms with van der Waals surface area (Å²) in [6.07, 6.45) is 3.75. The zero-order valence-corrected chi connectivity index (χ0v) is 19.1. The number of benzene rings is 1. The van der Waals surface area contributed by atoms with Gasteiger partial charge in [-0.3, -0.25) is 4.99 Å². The van der Waals surface area contributed by atoms with Crippen LogP contribution in [-0.4, -0.2) is 50.3 Å². The summed E-state index contributed by atoms with van der Waals surface area (Å²) in [6.45, 7) is 4.14. The molecular formula is C19H32IN3O2S. The highest BCUT2D eigenvalue weighted by molar-refractivity contribution is 14.0. The summed E-state index contributed by atoms with van der Waals surface area (Å²) in [5.41, 5.74) is 1.07. The predicted octanol–water partition coefficient (Wildman–Crippen LogP) is 3.67. The van der Waals surface area contributed by atoms with E-state index in [-0.39, 0.29) is 24.0 Å². The number of hydrogen-bond acceptors (Lipinski definition) is 4. The monoisotopic (exact) mass is 493 g/mol. The number of thioether (sulfide) groups is 1. The average Bonchev–Trinajstić information content (AvgIpc) is 3.08. The van der Waals surface area contributed by atoms with Crippen molar-refractivity contribution in [1.82, 2.24) is 10.6 Å². The van der Waals surface area contributed by atoms with E-state index in [1.807, 2.05) is 31.3 Å². The first-order chi connectivity index (χ1) is 12.3. The van der Waals surface area contributed by atoms with Crippen LogP contribution in [0.1, 0.15) is 31.7 Å². The summed E-state index contributed by atoms with van der Waals surface area (Å²) in [6, 6.07) is 8.47. The van der Waals surface area contributed by atoms with Gasteiger partial charge in [-0.2, -0.15) is 11.8 Å². The molecule has 7 heteroatoms. The van der Waals surface area contributed by atoms with Gasteiger partial charge in [-0.25, -0.2) is 0 Å². The first kappa shape index (κ1) is 23.4. The minimum Gasteiger partial charge on any atom is -0.496 e. The SMILES string of the molecule is CCSC1CCC(NC(=NC)NCCOCc2ccccc2OC)C1.I. The molecule has 1 aromatic carbocycles. The number of hydrogen-bond donors (Lipinski definition) is 2. The number of ether oxygens (including phenoxy) is 2. The number of aliphatic imine (C=N–C) groups is 1. The highest BCUT2D eigenvalue weighted by Crippen LogP contribution is 2.29. The molecule has 0 radical (unpaired) electrons. The molecule has 0 saturated heterocycles. The molecular weight excluding hydrogens is 461 g/mol. The molecule has 2 atom stereocenters. The smallest absolute Gasteiger partial charge is 0.191 e. The van der Waals surface area contributed by atoms with E-state index in [9.17, 15) is 0 Å². The molecule has 1 aromatic rings. The molecule has 26 heavy (non-hydrogen) atoms. The number of rotatable bonds is 9. The second kappa shape index (κ2) is 13.5. The molecule has 1 aliphatic rings. The maximum Gasteiger partial charge on any atom is 0.191 e. The van der Waals surface area contributed by atoms with E-state index in [4.69, 9.17) is 9.47 Å². The molecule has 0 aliphatic heterocycles. The van der Waals surface area contributed by atoms with Gasteiger partial charge < -0.3 is 20.1 Å². The molecule has 0 spiro atoms. The zero-order valence-electron chi connectivity index (χ0n) is 16.0. The topological polar surface area (TPSA) is 54.9 Å². The largest absolute Gasteiger partial charge is 0.496 e. The van der Waals surface area contributed by atoms with E-state index in [0.29, 0.717) is 19.3 Å². The lowest BCUT2D eigenvalue weighted by Gasteiger charge is -2.17. The minimum atomic E-state index is 0. The molecule has 1 aliphatic carbocycles. The van der Waals surface area contributed by atoms with Crippen molar-refractivity contribution in [1.29, 1.82) is 0 Å². The van der Waals surface area contributed by atoms with Crippen LogP contribution in [0.15, 0.2) is 29.3 Å². The molecule has 1 fully saturated rings. The summed E-state index contributed by atoms with van der Waals surface area (Å²) in [4.78, 5) is 4.32. The molecule has 5 nitrogen and oxygen atoms in total. The average molecular weight is 493 g/mol. The van der Waals surface area contributed by atoms with Crippen LogP contribution in [-0.2, 0) is 11.3 Å². The highest BCUT2D eigenvalue weighted by atomic mass is 127. The fourth-order valence-corrected chi connectivity index (χ4v) is 4.23. The van der Waals surface area contributed by atoms with Crippen LogP contribution in [0.4, 0.5) is 0 Å². The first-order valence-corrected chi connectivity index (χ1v) is 10.1.